The summed E-state index contributed by atoms with van der Waals surface area (Å²) in [6, 6.07) is 16.0. The van der Waals surface area contributed by atoms with E-state index in [-0.39, 0.29) is 18.3 Å². The summed E-state index contributed by atoms with van der Waals surface area (Å²) >= 11 is 0. The number of nitrogens with two attached hydrogens (primary N) is 1. The molecule has 0 aliphatic rings. The number of benzene rings is 2. The SMILES string of the molecule is CC(C)CCOc1cccc(NC(=O)C(N)c2ccccc2)c1.Cl. The minimum Gasteiger partial charge on any atom is -0.494 e. The molecule has 5 heteroatoms. The van der Waals surface area contributed by atoms with Crippen molar-refractivity contribution in [1.29, 1.82) is 0 Å². The summed E-state index contributed by atoms with van der Waals surface area (Å²) in [5.74, 6) is 1.11. The van der Waals surface area contributed by atoms with Gasteiger partial charge in [-0.25, -0.2) is 0 Å². The van der Waals surface area contributed by atoms with Crippen LogP contribution in [0, 0.1) is 5.92 Å². The first-order chi connectivity index (χ1) is 11.1. The van der Waals surface area contributed by atoms with E-state index >= 15 is 0 Å². The van der Waals surface area contributed by atoms with Crippen LogP contribution in [0.2, 0.25) is 0 Å². The molecule has 0 aromatic heterocycles. The lowest BCUT2D eigenvalue weighted by atomic mass is 10.1. The minimum absolute atomic E-state index is 0. The van der Waals surface area contributed by atoms with E-state index in [9.17, 15) is 4.79 Å². The minimum atomic E-state index is -0.693. The molecule has 130 valence electrons. The van der Waals surface area contributed by atoms with E-state index in [1.165, 1.54) is 0 Å². The summed E-state index contributed by atoms with van der Waals surface area (Å²) in [6.45, 7) is 4.98. The second-order valence-electron chi connectivity index (χ2n) is 5.94. The molecule has 0 heterocycles. The molecular formula is C19H25ClN2O2. The van der Waals surface area contributed by atoms with Gasteiger partial charge in [0.1, 0.15) is 11.8 Å². The van der Waals surface area contributed by atoms with E-state index in [2.05, 4.69) is 19.2 Å². The Hall–Kier alpha value is -2.04. The second-order valence-corrected chi connectivity index (χ2v) is 5.94. The van der Waals surface area contributed by atoms with Crippen molar-refractivity contribution in [3.05, 3.63) is 60.2 Å². The third kappa shape index (κ3) is 6.22. The molecule has 2 rings (SSSR count). The highest BCUT2D eigenvalue weighted by Crippen LogP contribution is 2.19. The number of hydrogen-bond donors (Lipinski definition) is 2. The lowest BCUT2D eigenvalue weighted by molar-refractivity contribution is -0.117. The normalized spacial score (nSPS) is 11.5. The molecule has 0 aliphatic carbocycles. The largest absolute Gasteiger partial charge is 0.494 e. The molecule has 24 heavy (non-hydrogen) atoms. The number of hydrogen-bond acceptors (Lipinski definition) is 3. The Bertz CT molecular complexity index is 632. The predicted octanol–water partition coefficient (Wildman–Crippen LogP) is 4.17. The lowest BCUT2D eigenvalue weighted by Gasteiger charge is -2.14. The van der Waals surface area contributed by atoms with Crippen LogP contribution in [0.25, 0.3) is 0 Å². The molecule has 0 saturated heterocycles. The maximum atomic E-state index is 12.3. The van der Waals surface area contributed by atoms with E-state index in [1.54, 1.807) is 0 Å². The first kappa shape index (κ1) is 20.0. The average molecular weight is 349 g/mol. The van der Waals surface area contributed by atoms with Crippen LogP contribution in [0.5, 0.6) is 5.75 Å². The van der Waals surface area contributed by atoms with Gasteiger partial charge in [-0.05, 0) is 30.0 Å². The molecule has 1 amide bonds. The van der Waals surface area contributed by atoms with Gasteiger partial charge in [-0.2, -0.15) is 0 Å². The molecule has 2 aromatic rings. The number of carbonyl (C=O) groups is 1. The standard InChI is InChI=1S/C19H24N2O2.ClH/c1-14(2)11-12-23-17-10-6-9-16(13-17)21-19(22)18(20)15-7-4-3-5-8-15;/h3-10,13-14,18H,11-12,20H2,1-2H3,(H,21,22);1H. The first-order valence-corrected chi connectivity index (χ1v) is 7.90. The molecular weight excluding hydrogens is 324 g/mol. The summed E-state index contributed by atoms with van der Waals surface area (Å²) in [5.41, 5.74) is 7.46. The monoisotopic (exact) mass is 348 g/mol. The second kappa shape index (κ2) is 9.96. The number of anilines is 1. The maximum Gasteiger partial charge on any atom is 0.245 e. The zero-order valence-electron chi connectivity index (χ0n) is 14.1. The van der Waals surface area contributed by atoms with Crippen molar-refractivity contribution in [3.63, 3.8) is 0 Å². The number of rotatable bonds is 7. The van der Waals surface area contributed by atoms with Crippen molar-refractivity contribution in [1.82, 2.24) is 0 Å². The van der Waals surface area contributed by atoms with Gasteiger partial charge in [-0.3, -0.25) is 4.79 Å². The third-order valence-electron chi connectivity index (χ3n) is 3.51. The van der Waals surface area contributed by atoms with Crippen LogP contribution in [-0.4, -0.2) is 12.5 Å². The van der Waals surface area contributed by atoms with Gasteiger partial charge in [0.2, 0.25) is 5.91 Å². The van der Waals surface area contributed by atoms with Gasteiger partial charge in [-0.1, -0.05) is 50.2 Å². The number of amides is 1. The topological polar surface area (TPSA) is 64.3 Å². The van der Waals surface area contributed by atoms with E-state index in [0.29, 0.717) is 18.2 Å². The summed E-state index contributed by atoms with van der Waals surface area (Å²) < 4.78 is 5.70. The molecule has 0 bridgehead atoms. The highest BCUT2D eigenvalue weighted by molar-refractivity contribution is 5.95. The van der Waals surface area contributed by atoms with E-state index in [0.717, 1.165) is 17.7 Å². The van der Waals surface area contributed by atoms with Crippen molar-refractivity contribution in [2.24, 2.45) is 11.7 Å². The van der Waals surface area contributed by atoms with Gasteiger partial charge in [-0.15, -0.1) is 12.4 Å². The van der Waals surface area contributed by atoms with Gasteiger partial charge in [0, 0.05) is 11.8 Å². The zero-order chi connectivity index (χ0) is 16.7. The summed E-state index contributed by atoms with van der Waals surface area (Å²) in [5, 5.41) is 2.84. The number of halogens is 1. The van der Waals surface area contributed by atoms with Gasteiger partial charge >= 0.3 is 0 Å². The number of carbonyl (C=O) groups excluding carboxylic acids is 1. The fraction of sp³-hybridized carbons (Fsp3) is 0.316. The van der Waals surface area contributed by atoms with Crippen molar-refractivity contribution >= 4 is 24.0 Å². The van der Waals surface area contributed by atoms with Crippen LogP contribution in [0.4, 0.5) is 5.69 Å². The van der Waals surface area contributed by atoms with E-state index in [4.69, 9.17) is 10.5 Å². The third-order valence-corrected chi connectivity index (χ3v) is 3.51. The van der Waals surface area contributed by atoms with Gasteiger partial charge in [0.15, 0.2) is 0 Å². The highest BCUT2D eigenvalue weighted by Gasteiger charge is 2.15. The first-order valence-electron chi connectivity index (χ1n) is 7.90. The van der Waals surface area contributed by atoms with Crippen molar-refractivity contribution < 1.29 is 9.53 Å². The fourth-order valence-electron chi connectivity index (χ4n) is 2.11. The van der Waals surface area contributed by atoms with Crippen molar-refractivity contribution in [3.8, 4) is 5.75 Å². The Morgan fingerprint density at radius 3 is 2.50 bits per heavy atom. The van der Waals surface area contributed by atoms with Crippen LogP contribution in [0.3, 0.4) is 0 Å². The molecule has 3 N–H and O–H groups in total. The van der Waals surface area contributed by atoms with Crippen LogP contribution < -0.4 is 15.8 Å². The molecule has 0 aliphatic heterocycles. The van der Waals surface area contributed by atoms with Crippen molar-refractivity contribution in [2.75, 3.05) is 11.9 Å². The Morgan fingerprint density at radius 2 is 1.83 bits per heavy atom. The van der Waals surface area contributed by atoms with Crippen LogP contribution in [-0.2, 0) is 4.79 Å². The Kier molecular flexibility index (Phi) is 8.30. The molecule has 1 atom stereocenters. The summed E-state index contributed by atoms with van der Waals surface area (Å²) in [6.07, 6.45) is 0.996. The summed E-state index contributed by atoms with van der Waals surface area (Å²) in [7, 11) is 0. The molecule has 2 aromatic carbocycles. The Balaban J connectivity index is 0.00000288. The summed E-state index contributed by atoms with van der Waals surface area (Å²) in [4.78, 5) is 12.3. The van der Waals surface area contributed by atoms with Gasteiger partial charge in [0.25, 0.3) is 0 Å². The molecule has 0 spiro atoms. The van der Waals surface area contributed by atoms with Crippen LogP contribution >= 0.6 is 12.4 Å². The average Bonchev–Trinajstić information content (AvgIpc) is 2.55. The smallest absolute Gasteiger partial charge is 0.245 e. The van der Waals surface area contributed by atoms with Crippen LogP contribution in [0.1, 0.15) is 31.9 Å². The molecule has 4 nitrogen and oxygen atoms in total. The zero-order valence-corrected chi connectivity index (χ0v) is 14.9. The predicted molar refractivity (Wildman–Crippen MR) is 101 cm³/mol. The highest BCUT2D eigenvalue weighted by atomic mass is 35.5. The fourth-order valence-corrected chi connectivity index (χ4v) is 2.11. The molecule has 1 unspecified atom stereocenters. The quantitative estimate of drug-likeness (QED) is 0.789. The molecule has 0 fully saturated rings. The molecule has 0 radical (unpaired) electrons. The van der Waals surface area contributed by atoms with E-state index in [1.807, 2.05) is 54.6 Å². The Labute approximate surface area is 149 Å². The maximum absolute atomic E-state index is 12.3. The number of ether oxygens (including phenoxy) is 1. The Morgan fingerprint density at radius 1 is 1.12 bits per heavy atom. The van der Waals surface area contributed by atoms with Gasteiger partial charge in [0.05, 0.1) is 6.61 Å². The molecule has 0 saturated carbocycles. The van der Waals surface area contributed by atoms with Gasteiger partial charge < -0.3 is 15.8 Å². The van der Waals surface area contributed by atoms with Crippen molar-refractivity contribution in [2.45, 2.75) is 26.3 Å². The number of nitrogens with one attached hydrogen (secondary N) is 1. The van der Waals surface area contributed by atoms with Crippen LogP contribution in [0.15, 0.2) is 54.6 Å². The van der Waals surface area contributed by atoms with E-state index < -0.39 is 6.04 Å². The lowest BCUT2D eigenvalue weighted by Crippen LogP contribution is -2.27.